The topological polar surface area (TPSA) is 13.0 Å². The van der Waals surface area contributed by atoms with E-state index in [1.54, 1.807) is 0 Å². The van der Waals surface area contributed by atoms with Gasteiger partial charge in [0, 0.05) is 56.5 Å². The molecule has 2 aromatic carbocycles. The third kappa shape index (κ3) is 4.40. The number of hydrogen-bond donors (Lipinski definition) is 0. The van der Waals surface area contributed by atoms with Crippen LogP contribution in [0.5, 0.6) is 0 Å². The van der Waals surface area contributed by atoms with Crippen molar-refractivity contribution in [2.45, 2.75) is 6.42 Å². The van der Waals surface area contributed by atoms with E-state index in [-0.39, 0.29) is 0 Å². The fraction of sp³-hybridized carbons (Fsp3) is 0.455. The zero-order valence-electron chi connectivity index (χ0n) is 16.1. The van der Waals surface area contributed by atoms with Crippen LogP contribution in [-0.4, -0.2) is 69.2 Å². The second-order valence-corrected chi connectivity index (χ2v) is 8.04. The van der Waals surface area contributed by atoms with Gasteiger partial charge in [0.2, 0.25) is 0 Å². The predicted molar refractivity (Wildman–Crippen MR) is 116 cm³/mol. The number of halogens is 1. The van der Waals surface area contributed by atoms with E-state index < -0.39 is 0 Å². The molecule has 0 bridgehead atoms. The molecule has 2 heterocycles. The summed E-state index contributed by atoms with van der Waals surface area (Å²) in [6.45, 7) is 9.20. The third-order valence-electron chi connectivity index (χ3n) is 5.74. The van der Waals surface area contributed by atoms with Gasteiger partial charge in [-0.1, -0.05) is 23.7 Å². The normalized spacial score (nSPS) is 18.6. The van der Waals surface area contributed by atoms with Crippen LogP contribution in [0.4, 0.5) is 17.1 Å². The van der Waals surface area contributed by atoms with Gasteiger partial charge in [0.1, 0.15) is 0 Å². The maximum atomic E-state index is 6.07. The minimum Gasteiger partial charge on any atom is -0.368 e. The molecule has 4 nitrogen and oxygen atoms in total. The minimum atomic E-state index is 0.787. The van der Waals surface area contributed by atoms with E-state index in [0.717, 1.165) is 24.7 Å². The van der Waals surface area contributed by atoms with Crippen LogP contribution < -0.4 is 9.80 Å². The second-order valence-electron chi connectivity index (χ2n) is 7.60. The maximum Gasteiger partial charge on any atom is 0.0649 e. The van der Waals surface area contributed by atoms with Crippen molar-refractivity contribution in [2.75, 3.05) is 69.2 Å². The second kappa shape index (κ2) is 8.51. The number of benzene rings is 2. The summed E-state index contributed by atoms with van der Waals surface area (Å²) in [5, 5.41) is 0.787. The van der Waals surface area contributed by atoms with Crippen molar-refractivity contribution in [1.82, 2.24) is 9.80 Å². The van der Waals surface area contributed by atoms with Gasteiger partial charge in [-0.3, -0.25) is 0 Å². The number of nitrogens with zero attached hydrogens (tertiary/aromatic N) is 4. The molecule has 1 saturated heterocycles. The number of rotatable bonds is 5. The summed E-state index contributed by atoms with van der Waals surface area (Å²) in [7, 11) is 2.22. The standard InChI is InChI=1S/C22H29ClN4/c1-24-13-15-25(16-14-24)11-4-12-26-17-18-27(20-9-7-19(23)8-10-20)22-6-3-2-5-21(22)26/h2-3,5-10H,4,11-18H2,1H3. The summed E-state index contributed by atoms with van der Waals surface area (Å²) in [5.41, 5.74) is 3.85. The van der Waals surface area contributed by atoms with E-state index in [4.69, 9.17) is 11.6 Å². The molecule has 0 amide bonds. The highest BCUT2D eigenvalue weighted by Crippen LogP contribution is 2.37. The Bertz CT molecular complexity index is 740. The van der Waals surface area contributed by atoms with Crippen molar-refractivity contribution >= 4 is 28.7 Å². The van der Waals surface area contributed by atoms with Crippen molar-refractivity contribution < 1.29 is 0 Å². The molecule has 0 aromatic heterocycles. The molecule has 2 aliphatic rings. The van der Waals surface area contributed by atoms with Crippen molar-refractivity contribution in [3.05, 3.63) is 53.6 Å². The molecule has 1 fully saturated rings. The van der Waals surface area contributed by atoms with Crippen LogP contribution in [0.1, 0.15) is 6.42 Å². The smallest absolute Gasteiger partial charge is 0.0649 e. The van der Waals surface area contributed by atoms with Gasteiger partial charge < -0.3 is 19.6 Å². The van der Waals surface area contributed by atoms with E-state index in [0.29, 0.717) is 0 Å². The monoisotopic (exact) mass is 384 g/mol. The van der Waals surface area contributed by atoms with E-state index in [1.165, 1.54) is 56.2 Å². The average molecular weight is 385 g/mol. The van der Waals surface area contributed by atoms with E-state index in [1.807, 2.05) is 12.1 Å². The van der Waals surface area contributed by atoms with Crippen molar-refractivity contribution in [1.29, 1.82) is 0 Å². The van der Waals surface area contributed by atoms with Crippen LogP contribution in [0.2, 0.25) is 5.02 Å². The fourth-order valence-electron chi connectivity index (χ4n) is 4.10. The third-order valence-corrected chi connectivity index (χ3v) is 6.00. The largest absolute Gasteiger partial charge is 0.368 e. The molecule has 144 valence electrons. The summed E-state index contributed by atoms with van der Waals surface area (Å²) < 4.78 is 0. The predicted octanol–water partition coefficient (Wildman–Crippen LogP) is 3.94. The Kier molecular flexibility index (Phi) is 5.86. The van der Waals surface area contributed by atoms with Crippen LogP contribution in [0.15, 0.2) is 48.5 Å². The molecule has 0 N–H and O–H groups in total. The SMILES string of the molecule is CN1CCN(CCCN2CCN(c3ccc(Cl)cc3)c3ccccc32)CC1. The first kappa shape index (κ1) is 18.6. The number of hydrogen-bond acceptors (Lipinski definition) is 4. The van der Waals surface area contributed by atoms with E-state index in [2.05, 4.69) is 63.0 Å². The van der Waals surface area contributed by atoms with Gasteiger partial charge >= 0.3 is 0 Å². The average Bonchev–Trinajstić information content (AvgIpc) is 2.70. The molecule has 0 saturated carbocycles. The molecule has 5 heteroatoms. The lowest BCUT2D eigenvalue weighted by molar-refractivity contribution is 0.153. The molecule has 0 radical (unpaired) electrons. The van der Waals surface area contributed by atoms with Gasteiger partial charge in [-0.25, -0.2) is 0 Å². The Hall–Kier alpha value is -1.75. The van der Waals surface area contributed by atoms with Gasteiger partial charge in [-0.15, -0.1) is 0 Å². The lowest BCUT2D eigenvalue weighted by atomic mass is 10.1. The number of para-hydroxylation sites is 2. The fourth-order valence-corrected chi connectivity index (χ4v) is 4.23. The van der Waals surface area contributed by atoms with Crippen LogP contribution in [0.25, 0.3) is 0 Å². The Morgan fingerprint density at radius 3 is 2.22 bits per heavy atom. The van der Waals surface area contributed by atoms with Crippen LogP contribution >= 0.6 is 11.6 Å². The van der Waals surface area contributed by atoms with Gasteiger partial charge in [-0.2, -0.15) is 0 Å². The molecule has 4 rings (SSSR count). The van der Waals surface area contributed by atoms with Gasteiger partial charge in [-0.05, 0) is 56.4 Å². The van der Waals surface area contributed by atoms with Gasteiger partial charge in [0.05, 0.1) is 11.4 Å². The first-order valence-corrected chi connectivity index (χ1v) is 10.4. The molecule has 27 heavy (non-hydrogen) atoms. The number of likely N-dealkylation sites (N-methyl/N-ethyl adjacent to an activating group) is 1. The molecule has 2 aliphatic heterocycles. The zero-order chi connectivity index (χ0) is 18.6. The Morgan fingerprint density at radius 2 is 1.48 bits per heavy atom. The van der Waals surface area contributed by atoms with Crippen LogP contribution in [0, 0.1) is 0 Å². The minimum absolute atomic E-state index is 0.787. The molecular formula is C22H29ClN4. The van der Waals surface area contributed by atoms with Crippen molar-refractivity contribution in [2.24, 2.45) is 0 Å². The summed E-state index contributed by atoms with van der Waals surface area (Å²) in [6, 6.07) is 16.9. The summed E-state index contributed by atoms with van der Waals surface area (Å²) in [5.74, 6) is 0. The highest BCUT2D eigenvalue weighted by Gasteiger charge is 2.23. The lowest BCUT2D eigenvalue weighted by Gasteiger charge is -2.39. The van der Waals surface area contributed by atoms with Crippen LogP contribution in [-0.2, 0) is 0 Å². The van der Waals surface area contributed by atoms with E-state index in [9.17, 15) is 0 Å². The van der Waals surface area contributed by atoms with Crippen molar-refractivity contribution in [3.63, 3.8) is 0 Å². The molecular weight excluding hydrogens is 356 g/mol. The Balaban J connectivity index is 1.41. The lowest BCUT2D eigenvalue weighted by Crippen LogP contribution is -2.45. The molecule has 0 aliphatic carbocycles. The Labute approximate surface area is 167 Å². The summed E-state index contributed by atoms with van der Waals surface area (Å²) >= 11 is 6.07. The number of anilines is 3. The van der Waals surface area contributed by atoms with E-state index >= 15 is 0 Å². The Morgan fingerprint density at radius 1 is 0.778 bits per heavy atom. The maximum absolute atomic E-state index is 6.07. The number of fused-ring (bicyclic) bond motifs is 1. The first-order valence-electron chi connectivity index (χ1n) is 9.99. The highest BCUT2D eigenvalue weighted by molar-refractivity contribution is 6.30. The summed E-state index contributed by atoms with van der Waals surface area (Å²) in [6.07, 6.45) is 1.22. The molecule has 2 aromatic rings. The van der Waals surface area contributed by atoms with Crippen LogP contribution in [0.3, 0.4) is 0 Å². The number of piperazine rings is 1. The molecule has 0 unspecified atom stereocenters. The molecule has 0 spiro atoms. The first-order chi connectivity index (χ1) is 13.2. The highest BCUT2D eigenvalue weighted by atomic mass is 35.5. The van der Waals surface area contributed by atoms with Gasteiger partial charge in [0.15, 0.2) is 0 Å². The quantitative estimate of drug-likeness (QED) is 0.774. The van der Waals surface area contributed by atoms with Gasteiger partial charge in [0.25, 0.3) is 0 Å². The zero-order valence-corrected chi connectivity index (χ0v) is 16.9. The van der Waals surface area contributed by atoms with Crippen molar-refractivity contribution in [3.8, 4) is 0 Å². The molecule has 0 atom stereocenters. The summed E-state index contributed by atoms with van der Waals surface area (Å²) in [4.78, 5) is 9.99.